The van der Waals surface area contributed by atoms with Crippen LogP contribution in [0.4, 0.5) is 4.39 Å². The first-order chi connectivity index (χ1) is 18.3. The van der Waals surface area contributed by atoms with Gasteiger partial charge in [0.15, 0.2) is 0 Å². The number of thiophene rings is 1. The number of carbonyl (C=O) groups is 1. The maximum Gasteiger partial charge on any atom is 0.243 e. The number of ether oxygens (including phenoxy) is 2. The summed E-state index contributed by atoms with van der Waals surface area (Å²) in [5.74, 6) is -0.139. The molecule has 0 saturated carbocycles. The van der Waals surface area contributed by atoms with Gasteiger partial charge < -0.3 is 14.4 Å². The number of carbonyl (C=O) groups excluding carboxylic acids is 1. The van der Waals surface area contributed by atoms with E-state index in [4.69, 9.17) is 9.47 Å². The van der Waals surface area contributed by atoms with Crippen molar-refractivity contribution in [3.05, 3.63) is 81.8 Å². The largest absolute Gasteiger partial charge is 0.491 e. The molecule has 0 N–H and O–H groups in total. The number of aryl methyl sites for hydroxylation is 1. The Hall–Kier alpha value is -2.79. The molecule has 38 heavy (non-hydrogen) atoms. The zero-order chi connectivity index (χ0) is 26.7. The number of amides is 1. The Morgan fingerprint density at radius 2 is 1.92 bits per heavy atom. The fourth-order valence-electron chi connectivity index (χ4n) is 4.94. The molecule has 0 spiro atoms. The number of rotatable bonds is 9. The summed E-state index contributed by atoms with van der Waals surface area (Å²) >= 11 is 1.64. The van der Waals surface area contributed by atoms with Crippen molar-refractivity contribution in [3.8, 4) is 5.75 Å². The lowest BCUT2D eigenvalue weighted by molar-refractivity contribution is -0.135. The normalized spacial score (nSPS) is 19.5. The molecule has 2 aliphatic heterocycles. The molecule has 7 nitrogen and oxygen atoms in total. The lowest BCUT2D eigenvalue weighted by Gasteiger charge is -2.37. The van der Waals surface area contributed by atoms with Gasteiger partial charge in [0.25, 0.3) is 0 Å². The summed E-state index contributed by atoms with van der Waals surface area (Å²) in [6.45, 7) is 2.96. The fourth-order valence-corrected chi connectivity index (χ4v) is 7.29. The highest BCUT2D eigenvalue weighted by atomic mass is 32.2. The molecule has 2 aliphatic rings. The molecule has 0 unspecified atom stereocenters. The van der Waals surface area contributed by atoms with Gasteiger partial charge in [-0.15, -0.1) is 11.3 Å². The summed E-state index contributed by atoms with van der Waals surface area (Å²) in [4.78, 5) is 16.8. The highest BCUT2D eigenvalue weighted by Gasteiger charge is 2.36. The van der Waals surface area contributed by atoms with Crippen LogP contribution in [0, 0.1) is 12.7 Å². The molecule has 0 bridgehead atoms. The van der Waals surface area contributed by atoms with Gasteiger partial charge in [-0.2, -0.15) is 4.31 Å². The number of benzene rings is 2. The van der Waals surface area contributed by atoms with Gasteiger partial charge in [0, 0.05) is 24.6 Å². The standard InChI is InChI=1S/C28H31FN2O5S2/c1-20-4-10-24(11-5-20)38(33,34)30(17-23-3-2-15-35-23)18-28(32)31-14-12-27-25(13-16-37-27)26(31)19-36-22-8-6-21(29)7-9-22/h4-11,13,16,23,26H,2-3,12,14-15,17-19H2,1H3/t23-,26-/m1/s1. The lowest BCUT2D eigenvalue weighted by Crippen LogP contribution is -2.49. The van der Waals surface area contributed by atoms with Crippen LogP contribution < -0.4 is 4.74 Å². The minimum atomic E-state index is -3.92. The summed E-state index contributed by atoms with van der Waals surface area (Å²) in [5.41, 5.74) is 1.96. The van der Waals surface area contributed by atoms with Crippen molar-refractivity contribution in [1.29, 1.82) is 0 Å². The van der Waals surface area contributed by atoms with E-state index in [-0.39, 0.29) is 48.5 Å². The molecule has 5 rings (SSSR count). The first-order valence-electron chi connectivity index (χ1n) is 12.7. The van der Waals surface area contributed by atoms with Crippen molar-refractivity contribution in [3.63, 3.8) is 0 Å². The molecule has 2 aromatic carbocycles. The molecule has 1 amide bonds. The predicted molar refractivity (Wildman–Crippen MR) is 143 cm³/mol. The van der Waals surface area contributed by atoms with Crippen LogP contribution in [0.15, 0.2) is 64.9 Å². The first-order valence-corrected chi connectivity index (χ1v) is 15.1. The number of nitrogens with zero attached hydrogens (tertiary/aromatic N) is 2. The topological polar surface area (TPSA) is 76.2 Å². The Labute approximate surface area is 226 Å². The van der Waals surface area contributed by atoms with E-state index in [1.54, 1.807) is 52.6 Å². The summed E-state index contributed by atoms with van der Waals surface area (Å²) in [6.07, 6.45) is 2.07. The average molecular weight is 559 g/mol. The summed E-state index contributed by atoms with van der Waals surface area (Å²) < 4.78 is 53.6. The van der Waals surface area contributed by atoms with Crippen LogP contribution >= 0.6 is 11.3 Å². The van der Waals surface area contributed by atoms with E-state index in [1.165, 1.54) is 21.3 Å². The van der Waals surface area contributed by atoms with Crippen LogP contribution in [0.2, 0.25) is 0 Å². The van der Waals surface area contributed by atoms with Crippen molar-refractivity contribution < 1.29 is 27.1 Å². The van der Waals surface area contributed by atoms with Crippen molar-refractivity contribution in [2.45, 2.75) is 43.2 Å². The zero-order valence-electron chi connectivity index (χ0n) is 21.2. The van der Waals surface area contributed by atoms with Gasteiger partial charge in [-0.25, -0.2) is 12.8 Å². The van der Waals surface area contributed by atoms with Gasteiger partial charge in [-0.3, -0.25) is 4.79 Å². The molecular weight excluding hydrogens is 527 g/mol. The summed E-state index contributed by atoms with van der Waals surface area (Å²) in [7, 11) is -3.92. The van der Waals surface area contributed by atoms with E-state index in [0.717, 1.165) is 24.0 Å². The second-order valence-electron chi connectivity index (χ2n) is 9.66. The number of halogens is 1. The van der Waals surface area contributed by atoms with Crippen LogP contribution in [-0.4, -0.2) is 62.5 Å². The highest BCUT2D eigenvalue weighted by molar-refractivity contribution is 7.89. The third-order valence-corrected chi connectivity index (χ3v) is 9.86. The Balaban J connectivity index is 1.38. The third kappa shape index (κ3) is 5.93. The average Bonchev–Trinajstić information content (AvgIpc) is 3.60. The maximum absolute atomic E-state index is 13.8. The van der Waals surface area contributed by atoms with Crippen molar-refractivity contribution in [2.24, 2.45) is 0 Å². The number of hydrogen-bond acceptors (Lipinski definition) is 6. The van der Waals surface area contributed by atoms with E-state index >= 15 is 0 Å². The Kier molecular flexibility index (Phi) is 8.13. The van der Waals surface area contributed by atoms with Crippen molar-refractivity contribution in [2.75, 3.05) is 32.8 Å². The Bertz CT molecular complexity index is 1350. The number of hydrogen-bond donors (Lipinski definition) is 0. The van der Waals surface area contributed by atoms with Crippen molar-refractivity contribution in [1.82, 2.24) is 9.21 Å². The zero-order valence-corrected chi connectivity index (χ0v) is 22.8. The minimum Gasteiger partial charge on any atom is -0.491 e. The number of sulfonamides is 1. The molecule has 3 aromatic rings. The van der Waals surface area contributed by atoms with Gasteiger partial charge in [0.05, 0.1) is 23.6 Å². The molecule has 1 fully saturated rings. The van der Waals surface area contributed by atoms with Crippen LogP contribution in [-0.2, 0) is 26.0 Å². The molecule has 3 heterocycles. The second kappa shape index (κ2) is 11.5. The fraction of sp³-hybridized carbons (Fsp3) is 0.393. The lowest BCUT2D eigenvalue weighted by atomic mass is 10.0. The van der Waals surface area contributed by atoms with Gasteiger partial charge >= 0.3 is 0 Å². The molecule has 1 aromatic heterocycles. The summed E-state index contributed by atoms with van der Waals surface area (Å²) in [6, 6.07) is 14.0. The first kappa shape index (κ1) is 26.8. The molecule has 0 aliphatic carbocycles. The van der Waals surface area contributed by atoms with Crippen LogP contribution in [0.1, 0.15) is 34.9 Å². The quantitative estimate of drug-likeness (QED) is 0.385. The molecule has 1 saturated heterocycles. The number of fused-ring (bicyclic) bond motifs is 1. The monoisotopic (exact) mass is 558 g/mol. The van der Waals surface area contributed by atoms with Crippen molar-refractivity contribution >= 4 is 27.3 Å². The van der Waals surface area contributed by atoms with Crippen LogP contribution in [0.5, 0.6) is 5.75 Å². The Morgan fingerprint density at radius 1 is 1.16 bits per heavy atom. The van der Waals surface area contributed by atoms with Gasteiger partial charge in [-0.1, -0.05) is 17.7 Å². The predicted octanol–water partition coefficient (Wildman–Crippen LogP) is 4.57. The van der Waals surface area contributed by atoms with Gasteiger partial charge in [0.1, 0.15) is 18.2 Å². The second-order valence-corrected chi connectivity index (χ2v) is 12.6. The van der Waals surface area contributed by atoms with Crippen LogP contribution in [0.3, 0.4) is 0 Å². The van der Waals surface area contributed by atoms with Gasteiger partial charge in [0.2, 0.25) is 15.9 Å². The van der Waals surface area contributed by atoms with E-state index < -0.39 is 10.0 Å². The third-order valence-electron chi connectivity index (χ3n) is 7.04. The van der Waals surface area contributed by atoms with Gasteiger partial charge in [-0.05, 0) is 79.6 Å². The van der Waals surface area contributed by atoms with Crippen LogP contribution in [0.25, 0.3) is 0 Å². The van der Waals surface area contributed by atoms with E-state index in [9.17, 15) is 17.6 Å². The van der Waals surface area contributed by atoms with E-state index in [2.05, 4.69) is 0 Å². The Morgan fingerprint density at radius 3 is 2.63 bits per heavy atom. The molecule has 202 valence electrons. The minimum absolute atomic E-state index is 0.121. The highest BCUT2D eigenvalue weighted by Crippen LogP contribution is 2.34. The molecule has 0 radical (unpaired) electrons. The smallest absolute Gasteiger partial charge is 0.243 e. The van der Waals surface area contributed by atoms with E-state index in [1.807, 2.05) is 18.4 Å². The molecule has 2 atom stereocenters. The molecular formula is C28H31FN2O5S2. The summed E-state index contributed by atoms with van der Waals surface area (Å²) in [5, 5.41) is 2.00. The SMILES string of the molecule is Cc1ccc(S(=O)(=O)N(CC(=O)N2CCc3sccc3[C@H]2COc2ccc(F)cc2)C[C@H]2CCCO2)cc1. The van der Waals surface area contributed by atoms with E-state index in [0.29, 0.717) is 25.3 Å². The maximum atomic E-state index is 13.8. The molecule has 10 heteroatoms.